The molecule has 1 amide bonds. The number of hydrogen-bond donors (Lipinski definition) is 2. The zero-order valence-electron chi connectivity index (χ0n) is 16.7. The van der Waals surface area contributed by atoms with Gasteiger partial charge in [-0.05, 0) is 61.9 Å². The summed E-state index contributed by atoms with van der Waals surface area (Å²) in [4.78, 5) is 36.7. The topological polar surface area (TPSA) is 97.6 Å². The lowest BCUT2D eigenvalue weighted by Crippen LogP contribution is -2.39. The number of nitrogens with one attached hydrogen (secondary N) is 1. The fourth-order valence-corrected chi connectivity index (χ4v) is 3.44. The first kappa shape index (κ1) is 21.4. The second-order valence-corrected chi connectivity index (χ2v) is 7.34. The van der Waals surface area contributed by atoms with E-state index in [1.54, 1.807) is 54.0 Å². The number of benzene rings is 2. The van der Waals surface area contributed by atoms with Gasteiger partial charge in [0.25, 0.3) is 5.91 Å². The molecule has 0 aliphatic carbocycles. The molecule has 2 aromatic carbocycles. The highest BCUT2D eigenvalue weighted by Crippen LogP contribution is 2.30. The molecule has 0 fully saturated rings. The third-order valence-electron chi connectivity index (χ3n) is 4.92. The van der Waals surface area contributed by atoms with Crippen LogP contribution < -0.4 is 10.1 Å². The Morgan fingerprint density at radius 1 is 1.17 bits per heavy atom. The van der Waals surface area contributed by atoms with Gasteiger partial charge in [0.2, 0.25) is 5.91 Å². The summed E-state index contributed by atoms with van der Waals surface area (Å²) in [5.74, 6) is -1.25. The van der Waals surface area contributed by atoms with Crippen LogP contribution in [-0.2, 0) is 16.0 Å². The van der Waals surface area contributed by atoms with Gasteiger partial charge in [0.15, 0.2) is 0 Å². The van der Waals surface area contributed by atoms with E-state index in [4.69, 9.17) is 21.4 Å². The van der Waals surface area contributed by atoms with Crippen molar-refractivity contribution in [3.63, 3.8) is 0 Å². The highest BCUT2D eigenvalue weighted by molar-refractivity contribution is 6.30. The number of carbonyl (C=O) groups is 3. The number of carboxylic acids is 1. The first-order valence-electron chi connectivity index (χ1n) is 9.23. The standard InChI is InChI=1S/C22H21ClN2O5/c1-12(22(28)29)24-20(26)11-17-13(2)25(19-9-8-16(30-3)10-18(17)19)21(27)14-4-6-15(23)7-5-14/h4-10,12H,11H2,1-3H3,(H,24,26)(H,28,29)/t12-/m0/s1. The van der Waals surface area contributed by atoms with Crippen LogP contribution in [0.5, 0.6) is 5.75 Å². The van der Waals surface area contributed by atoms with E-state index >= 15 is 0 Å². The molecular formula is C22H21ClN2O5. The monoisotopic (exact) mass is 428 g/mol. The summed E-state index contributed by atoms with van der Waals surface area (Å²) >= 11 is 5.93. The van der Waals surface area contributed by atoms with Crippen molar-refractivity contribution in [1.82, 2.24) is 9.88 Å². The van der Waals surface area contributed by atoms with Crippen molar-refractivity contribution in [3.8, 4) is 5.75 Å². The van der Waals surface area contributed by atoms with Crippen molar-refractivity contribution in [1.29, 1.82) is 0 Å². The maximum Gasteiger partial charge on any atom is 0.325 e. The van der Waals surface area contributed by atoms with Gasteiger partial charge < -0.3 is 15.2 Å². The Morgan fingerprint density at radius 3 is 2.43 bits per heavy atom. The van der Waals surface area contributed by atoms with Crippen LogP contribution in [0, 0.1) is 6.92 Å². The molecule has 0 bridgehead atoms. The van der Waals surface area contributed by atoms with Crippen molar-refractivity contribution in [2.45, 2.75) is 26.3 Å². The predicted molar refractivity (Wildman–Crippen MR) is 113 cm³/mol. The number of halogens is 1. The maximum absolute atomic E-state index is 13.2. The first-order chi connectivity index (χ1) is 14.2. The lowest BCUT2D eigenvalue weighted by atomic mass is 10.1. The van der Waals surface area contributed by atoms with E-state index in [0.717, 1.165) is 0 Å². The molecule has 0 spiro atoms. The molecule has 3 rings (SSSR count). The van der Waals surface area contributed by atoms with E-state index in [0.29, 0.717) is 38.5 Å². The number of carbonyl (C=O) groups excluding carboxylic acids is 2. The van der Waals surface area contributed by atoms with Gasteiger partial charge in [0.1, 0.15) is 11.8 Å². The van der Waals surface area contributed by atoms with Crippen molar-refractivity contribution < 1.29 is 24.2 Å². The Labute approximate surface area is 178 Å². The second-order valence-electron chi connectivity index (χ2n) is 6.90. The Hall–Kier alpha value is -3.32. The third kappa shape index (κ3) is 4.16. The summed E-state index contributed by atoms with van der Waals surface area (Å²) in [5, 5.41) is 12.7. The summed E-state index contributed by atoms with van der Waals surface area (Å²) in [6.07, 6.45) is -0.0754. The average Bonchev–Trinajstić information content (AvgIpc) is 2.98. The van der Waals surface area contributed by atoms with E-state index < -0.39 is 17.9 Å². The van der Waals surface area contributed by atoms with Crippen LogP contribution >= 0.6 is 11.6 Å². The molecule has 0 radical (unpaired) electrons. The van der Waals surface area contributed by atoms with Crippen molar-refractivity contribution in [2.75, 3.05) is 7.11 Å². The van der Waals surface area contributed by atoms with Gasteiger partial charge in [0.05, 0.1) is 19.0 Å². The van der Waals surface area contributed by atoms with E-state index in [2.05, 4.69) is 5.32 Å². The van der Waals surface area contributed by atoms with Crippen LogP contribution in [0.4, 0.5) is 0 Å². The number of hydrogen-bond acceptors (Lipinski definition) is 4. The van der Waals surface area contributed by atoms with Crippen LogP contribution in [0.15, 0.2) is 42.5 Å². The Morgan fingerprint density at radius 2 is 1.83 bits per heavy atom. The number of amides is 1. The van der Waals surface area contributed by atoms with E-state index in [-0.39, 0.29) is 12.3 Å². The van der Waals surface area contributed by atoms with Crippen molar-refractivity contribution >= 4 is 40.3 Å². The number of methoxy groups -OCH3 is 1. The third-order valence-corrected chi connectivity index (χ3v) is 5.17. The minimum absolute atomic E-state index is 0.0754. The quantitative estimate of drug-likeness (QED) is 0.626. The van der Waals surface area contributed by atoms with Gasteiger partial charge in [-0.3, -0.25) is 19.0 Å². The molecule has 0 unspecified atom stereocenters. The first-order valence-corrected chi connectivity index (χ1v) is 9.61. The fraction of sp³-hybridized carbons (Fsp3) is 0.227. The smallest absolute Gasteiger partial charge is 0.325 e. The van der Waals surface area contributed by atoms with Gasteiger partial charge >= 0.3 is 5.97 Å². The number of rotatable bonds is 6. The number of aromatic nitrogens is 1. The highest BCUT2D eigenvalue weighted by atomic mass is 35.5. The van der Waals surface area contributed by atoms with E-state index in [1.807, 2.05) is 0 Å². The fourth-order valence-electron chi connectivity index (χ4n) is 3.31. The Bertz CT molecular complexity index is 1130. The normalized spacial score (nSPS) is 11.9. The van der Waals surface area contributed by atoms with Gasteiger partial charge in [-0.2, -0.15) is 0 Å². The highest BCUT2D eigenvalue weighted by Gasteiger charge is 2.23. The molecule has 8 heteroatoms. The number of carboxylic acid groups (broad SMARTS) is 1. The SMILES string of the molecule is COc1ccc2c(c1)c(CC(=O)N[C@@H](C)C(=O)O)c(C)n2C(=O)c1ccc(Cl)cc1. The van der Waals surface area contributed by atoms with Crippen molar-refractivity contribution in [2.24, 2.45) is 0 Å². The average molecular weight is 429 g/mol. The molecule has 1 atom stereocenters. The zero-order valence-corrected chi connectivity index (χ0v) is 17.5. The van der Waals surface area contributed by atoms with Crippen LogP contribution in [0.25, 0.3) is 10.9 Å². The summed E-state index contributed by atoms with van der Waals surface area (Å²) < 4.78 is 6.84. The molecule has 0 aliphatic heterocycles. The van der Waals surface area contributed by atoms with Crippen LogP contribution in [-0.4, -0.2) is 40.6 Å². The molecule has 1 heterocycles. The summed E-state index contributed by atoms with van der Waals surface area (Å²) in [6, 6.07) is 10.8. The van der Waals surface area contributed by atoms with Crippen LogP contribution in [0.3, 0.4) is 0 Å². The summed E-state index contributed by atoms with van der Waals surface area (Å²) in [7, 11) is 1.53. The van der Waals surface area contributed by atoms with Crippen molar-refractivity contribution in [3.05, 3.63) is 64.3 Å². The minimum atomic E-state index is -1.12. The lowest BCUT2D eigenvalue weighted by Gasteiger charge is -2.10. The van der Waals surface area contributed by atoms with Gasteiger partial charge in [0, 0.05) is 21.7 Å². The summed E-state index contributed by atoms with van der Waals surface area (Å²) in [5.41, 5.74) is 2.30. The molecule has 7 nitrogen and oxygen atoms in total. The van der Waals surface area contributed by atoms with Gasteiger partial charge in [-0.25, -0.2) is 0 Å². The van der Waals surface area contributed by atoms with E-state index in [9.17, 15) is 14.4 Å². The zero-order chi connectivity index (χ0) is 22.0. The minimum Gasteiger partial charge on any atom is -0.497 e. The summed E-state index contributed by atoms with van der Waals surface area (Å²) in [6.45, 7) is 3.15. The molecule has 156 valence electrons. The van der Waals surface area contributed by atoms with E-state index in [1.165, 1.54) is 14.0 Å². The van der Waals surface area contributed by atoms with Gasteiger partial charge in [-0.1, -0.05) is 11.6 Å². The predicted octanol–water partition coefficient (Wildman–Crippen LogP) is 3.43. The molecule has 0 saturated heterocycles. The molecule has 1 aromatic heterocycles. The second kappa shape index (κ2) is 8.59. The number of fused-ring (bicyclic) bond motifs is 1. The lowest BCUT2D eigenvalue weighted by molar-refractivity contribution is -0.141. The maximum atomic E-state index is 13.2. The molecular weight excluding hydrogens is 408 g/mol. The molecule has 2 N–H and O–H groups in total. The Kier molecular flexibility index (Phi) is 6.12. The number of aliphatic carboxylic acids is 1. The molecule has 30 heavy (non-hydrogen) atoms. The Balaban J connectivity index is 2.09. The molecule has 3 aromatic rings. The van der Waals surface area contributed by atoms with Crippen LogP contribution in [0.2, 0.25) is 5.02 Å². The largest absolute Gasteiger partial charge is 0.497 e. The molecule has 0 aliphatic rings. The molecule has 0 saturated carbocycles. The number of ether oxygens (including phenoxy) is 1. The van der Waals surface area contributed by atoms with Gasteiger partial charge in [-0.15, -0.1) is 0 Å². The number of nitrogens with zero attached hydrogens (tertiary/aromatic N) is 1. The van der Waals surface area contributed by atoms with Crippen LogP contribution in [0.1, 0.15) is 28.5 Å².